The van der Waals surface area contributed by atoms with Gasteiger partial charge in [0.15, 0.2) is 0 Å². The zero-order valence-electron chi connectivity index (χ0n) is 13.4. The van der Waals surface area contributed by atoms with E-state index in [1.165, 1.54) is 0 Å². The molecule has 0 heterocycles. The number of esters is 1. The van der Waals surface area contributed by atoms with Crippen LogP contribution in [0.2, 0.25) is 0 Å². The summed E-state index contributed by atoms with van der Waals surface area (Å²) in [4.78, 5) is 37.8. The predicted octanol–water partition coefficient (Wildman–Crippen LogP) is 2.31. The van der Waals surface area contributed by atoms with E-state index in [0.717, 1.165) is 25.7 Å². The highest BCUT2D eigenvalue weighted by molar-refractivity contribution is 6.01. The lowest BCUT2D eigenvalue weighted by Gasteiger charge is -2.35. The monoisotopic (exact) mass is 314 g/mol. The third-order valence-electron chi connectivity index (χ3n) is 7.28. The second kappa shape index (κ2) is 4.34. The Bertz CT molecular complexity index is 642. The second-order valence-corrected chi connectivity index (χ2v) is 8.45. The molecule has 5 rings (SSSR count). The molecule has 23 heavy (non-hydrogen) atoms. The van der Waals surface area contributed by atoms with E-state index >= 15 is 0 Å². The average Bonchev–Trinajstić information content (AvgIpc) is 3.29. The molecule has 4 saturated carbocycles. The number of ether oxygens (including phenoxy) is 1. The van der Waals surface area contributed by atoms with Crippen molar-refractivity contribution in [2.75, 3.05) is 0 Å². The van der Waals surface area contributed by atoms with Crippen molar-refractivity contribution in [2.24, 2.45) is 41.4 Å². The van der Waals surface area contributed by atoms with Gasteiger partial charge in [0.25, 0.3) is 0 Å². The quantitative estimate of drug-likeness (QED) is 0.446. The smallest absolute Gasteiger partial charge is 0.310 e. The maximum Gasteiger partial charge on any atom is 0.310 e. The first-order chi connectivity index (χ1) is 11.0. The molecular formula is C19H22O4. The third kappa shape index (κ3) is 1.65. The molecule has 0 spiro atoms. The number of rotatable bonds is 2. The van der Waals surface area contributed by atoms with Gasteiger partial charge in [-0.15, -0.1) is 0 Å². The van der Waals surface area contributed by atoms with E-state index in [4.69, 9.17) is 4.74 Å². The molecule has 0 amide bonds. The van der Waals surface area contributed by atoms with Gasteiger partial charge < -0.3 is 4.74 Å². The van der Waals surface area contributed by atoms with Crippen LogP contribution < -0.4 is 0 Å². The van der Waals surface area contributed by atoms with Crippen molar-refractivity contribution in [3.63, 3.8) is 0 Å². The lowest BCUT2D eigenvalue weighted by Crippen LogP contribution is -2.39. The van der Waals surface area contributed by atoms with Crippen LogP contribution in [0.5, 0.6) is 0 Å². The minimum Gasteiger partial charge on any atom is -0.459 e. The topological polar surface area (TPSA) is 60.4 Å². The molecule has 0 aromatic carbocycles. The molecule has 5 aliphatic rings. The summed E-state index contributed by atoms with van der Waals surface area (Å²) in [6.07, 6.45) is 8.62. The van der Waals surface area contributed by atoms with Crippen LogP contribution in [-0.2, 0) is 19.1 Å². The second-order valence-electron chi connectivity index (χ2n) is 8.45. The molecule has 7 unspecified atom stereocenters. The van der Waals surface area contributed by atoms with Gasteiger partial charge in [-0.3, -0.25) is 14.4 Å². The van der Waals surface area contributed by atoms with Gasteiger partial charge in [0.05, 0.1) is 5.92 Å². The average molecular weight is 314 g/mol. The number of hydrogen-bond acceptors (Lipinski definition) is 4. The Morgan fingerprint density at radius 1 is 1.09 bits per heavy atom. The minimum absolute atomic E-state index is 0.0618. The van der Waals surface area contributed by atoms with E-state index in [-0.39, 0.29) is 64.6 Å². The molecule has 4 nitrogen and oxygen atoms in total. The van der Waals surface area contributed by atoms with E-state index in [2.05, 4.69) is 0 Å². The van der Waals surface area contributed by atoms with E-state index < -0.39 is 0 Å². The molecule has 4 fully saturated rings. The maximum absolute atomic E-state index is 12.7. The largest absolute Gasteiger partial charge is 0.459 e. The highest BCUT2D eigenvalue weighted by Crippen LogP contribution is 2.64. The van der Waals surface area contributed by atoms with Gasteiger partial charge in [-0.25, -0.2) is 0 Å². The molecule has 4 heteroatoms. The van der Waals surface area contributed by atoms with Gasteiger partial charge in [0.1, 0.15) is 17.2 Å². The van der Waals surface area contributed by atoms with Crippen LogP contribution >= 0.6 is 0 Å². The summed E-state index contributed by atoms with van der Waals surface area (Å²) in [7, 11) is 0. The Morgan fingerprint density at radius 2 is 1.74 bits per heavy atom. The number of carbonyl (C=O) groups excluding carboxylic acids is 3. The van der Waals surface area contributed by atoms with Crippen LogP contribution in [-0.4, -0.2) is 23.1 Å². The molecule has 0 aromatic heterocycles. The molecule has 5 aliphatic carbocycles. The summed E-state index contributed by atoms with van der Waals surface area (Å²) in [5.41, 5.74) is -0.341. The van der Waals surface area contributed by atoms with Gasteiger partial charge in [0.2, 0.25) is 0 Å². The fraction of sp³-hybridized carbons (Fsp3) is 0.737. The fourth-order valence-electron chi connectivity index (χ4n) is 6.32. The molecule has 4 bridgehead atoms. The Morgan fingerprint density at radius 3 is 2.43 bits per heavy atom. The van der Waals surface area contributed by atoms with Crippen LogP contribution in [0, 0.1) is 41.4 Å². The van der Waals surface area contributed by atoms with Gasteiger partial charge in [-0.05, 0) is 50.9 Å². The normalized spacial score (nSPS) is 48.3. The van der Waals surface area contributed by atoms with Crippen molar-refractivity contribution in [1.29, 1.82) is 0 Å². The van der Waals surface area contributed by atoms with Gasteiger partial charge >= 0.3 is 5.97 Å². The highest BCUT2D eigenvalue weighted by Gasteiger charge is 2.69. The number of fused-ring (bicyclic) bond motifs is 9. The summed E-state index contributed by atoms with van der Waals surface area (Å²) in [5.74, 6) is -0.313. The van der Waals surface area contributed by atoms with E-state index in [9.17, 15) is 14.4 Å². The summed E-state index contributed by atoms with van der Waals surface area (Å²) >= 11 is 0. The van der Waals surface area contributed by atoms with Gasteiger partial charge in [-0.1, -0.05) is 12.2 Å². The highest BCUT2D eigenvalue weighted by atomic mass is 16.6. The standard InChI is InChI=1S/C19H22O4/c1-19(6-2-3-7-19)23-18(22)12-8-11-13-9-4-5-10(16(9)20)14(13)15(12)17(11)21/h4-5,9-15H,2-3,6-8H2,1H3. The van der Waals surface area contributed by atoms with Crippen molar-refractivity contribution in [3.05, 3.63) is 12.2 Å². The molecule has 0 saturated heterocycles. The molecule has 0 aliphatic heterocycles. The van der Waals surface area contributed by atoms with Crippen LogP contribution in [0.1, 0.15) is 39.0 Å². The van der Waals surface area contributed by atoms with Crippen molar-refractivity contribution in [1.82, 2.24) is 0 Å². The zero-order chi connectivity index (χ0) is 15.9. The van der Waals surface area contributed by atoms with Gasteiger partial charge in [0, 0.05) is 23.7 Å². The van der Waals surface area contributed by atoms with E-state index in [0.29, 0.717) is 6.42 Å². The van der Waals surface area contributed by atoms with Gasteiger partial charge in [-0.2, -0.15) is 0 Å². The Labute approximate surface area is 135 Å². The lowest BCUT2D eigenvalue weighted by molar-refractivity contribution is -0.166. The zero-order valence-corrected chi connectivity index (χ0v) is 13.4. The first-order valence-electron chi connectivity index (χ1n) is 8.99. The number of allylic oxidation sites excluding steroid dienone is 2. The van der Waals surface area contributed by atoms with Crippen molar-refractivity contribution < 1.29 is 19.1 Å². The summed E-state index contributed by atoms with van der Waals surface area (Å²) in [6, 6.07) is 0. The first-order valence-corrected chi connectivity index (χ1v) is 8.99. The molecule has 122 valence electrons. The van der Waals surface area contributed by atoms with Crippen molar-refractivity contribution >= 4 is 17.5 Å². The number of ketones is 2. The number of hydrogen-bond donors (Lipinski definition) is 0. The third-order valence-corrected chi connectivity index (χ3v) is 7.28. The SMILES string of the molecule is CC1(OC(=O)C2CC3C(=O)C2C2C4C=CC(C4=O)C32)CCCC1. The number of carbonyl (C=O) groups is 3. The predicted molar refractivity (Wildman–Crippen MR) is 81.2 cm³/mol. The van der Waals surface area contributed by atoms with Crippen molar-refractivity contribution in [3.8, 4) is 0 Å². The summed E-state index contributed by atoms with van der Waals surface area (Å²) in [5, 5.41) is 0. The Balaban J connectivity index is 1.40. The van der Waals surface area contributed by atoms with E-state index in [1.54, 1.807) is 0 Å². The first kappa shape index (κ1) is 13.9. The maximum atomic E-state index is 12.7. The molecular weight excluding hydrogens is 292 g/mol. The van der Waals surface area contributed by atoms with Crippen LogP contribution in [0.15, 0.2) is 12.2 Å². The molecule has 0 N–H and O–H groups in total. The molecule has 7 atom stereocenters. The minimum atomic E-state index is -0.341. The number of Topliss-reactive ketones (excluding diaryl/α,β-unsaturated/α-hetero) is 2. The van der Waals surface area contributed by atoms with Crippen LogP contribution in [0.4, 0.5) is 0 Å². The van der Waals surface area contributed by atoms with Crippen LogP contribution in [0.25, 0.3) is 0 Å². The molecule has 0 radical (unpaired) electrons. The summed E-state index contributed by atoms with van der Waals surface area (Å²) in [6.45, 7) is 2.01. The fourth-order valence-corrected chi connectivity index (χ4v) is 6.32. The Kier molecular flexibility index (Phi) is 2.63. The summed E-state index contributed by atoms with van der Waals surface area (Å²) < 4.78 is 5.85. The lowest BCUT2D eigenvalue weighted by atomic mass is 9.69. The Hall–Kier alpha value is -1.45. The molecule has 0 aromatic rings. The van der Waals surface area contributed by atoms with Crippen LogP contribution in [0.3, 0.4) is 0 Å². The van der Waals surface area contributed by atoms with E-state index in [1.807, 2.05) is 19.1 Å². The van der Waals surface area contributed by atoms with Crippen molar-refractivity contribution in [2.45, 2.75) is 44.6 Å².